The van der Waals surface area contributed by atoms with Gasteiger partial charge in [0.1, 0.15) is 12.4 Å². The molecule has 0 fully saturated rings. The summed E-state index contributed by atoms with van der Waals surface area (Å²) in [5.41, 5.74) is 3.11. The summed E-state index contributed by atoms with van der Waals surface area (Å²) < 4.78 is 7.80. The molecule has 1 aromatic heterocycles. The van der Waals surface area contributed by atoms with Crippen molar-refractivity contribution in [1.82, 2.24) is 9.78 Å². The Hall–Kier alpha value is -1.81. The summed E-state index contributed by atoms with van der Waals surface area (Å²) in [6.07, 6.45) is 1.26. The quantitative estimate of drug-likeness (QED) is 0.848. The molecule has 1 atom stereocenters. The molecule has 0 unspecified atom stereocenters. The number of hydrogen-bond donors (Lipinski definition) is 1. The second-order valence-corrected chi connectivity index (χ2v) is 5.08. The van der Waals surface area contributed by atoms with Gasteiger partial charge in [0.25, 0.3) is 0 Å². The summed E-state index contributed by atoms with van der Waals surface area (Å²) in [6, 6.07) is 9.73. The predicted octanol–water partition coefficient (Wildman–Crippen LogP) is 3.49. The molecule has 1 N–H and O–H groups in total. The van der Waals surface area contributed by atoms with Crippen molar-refractivity contribution in [3.05, 3.63) is 47.3 Å². The first kappa shape index (κ1) is 15.6. The minimum absolute atomic E-state index is 0.396. The van der Waals surface area contributed by atoms with E-state index in [0.29, 0.717) is 6.61 Å². The molecule has 0 amide bonds. The van der Waals surface area contributed by atoms with Crippen molar-refractivity contribution in [2.45, 2.75) is 52.9 Å². The third kappa shape index (κ3) is 3.85. The lowest BCUT2D eigenvalue weighted by Crippen LogP contribution is -2.06. The molecule has 0 aliphatic heterocycles. The van der Waals surface area contributed by atoms with E-state index in [1.54, 1.807) is 0 Å². The maximum Gasteiger partial charge on any atom is 0.130 e. The van der Waals surface area contributed by atoms with E-state index in [4.69, 9.17) is 4.74 Å². The molecule has 2 aromatic rings. The Kier molecular flexibility index (Phi) is 5.39. The molecule has 0 bridgehead atoms. The van der Waals surface area contributed by atoms with Gasteiger partial charge >= 0.3 is 0 Å². The lowest BCUT2D eigenvalue weighted by Gasteiger charge is -2.10. The number of rotatable bonds is 7. The molecule has 0 aliphatic carbocycles. The Morgan fingerprint density at radius 2 is 1.90 bits per heavy atom. The summed E-state index contributed by atoms with van der Waals surface area (Å²) in [6.45, 7) is 7.50. The molecule has 0 saturated carbocycles. The third-order valence-corrected chi connectivity index (χ3v) is 3.61. The van der Waals surface area contributed by atoms with Crippen LogP contribution in [0.25, 0.3) is 0 Å². The summed E-state index contributed by atoms with van der Waals surface area (Å²) >= 11 is 0. The van der Waals surface area contributed by atoms with Crippen molar-refractivity contribution in [3.8, 4) is 5.75 Å². The zero-order valence-corrected chi connectivity index (χ0v) is 13.0. The van der Waals surface area contributed by atoms with Gasteiger partial charge in [0.05, 0.1) is 17.5 Å². The van der Waals surface area contributed by atoms with Crippen molar-refractivity contribution in [3.63, 3.8) is 0 Å². The predicted molar refractivity (Wildman–Crippen MR) is 83.3 cm³/mol. The zero-order valence-electron chi connectivity index (χ0n) is 13.0. The number of aromatic nitrogens is 2. The molecule has 4 nitrogen and oxygen atoms in total. The van der Waals surface area contributed by atoms with E-state index in [1.165, 1.54) is 0 Å². The highest BCUT2D eigenvalue weighted by molar-refractivity contribution is 5.28. The number of hydrogen-bond acceptors (Lipinski definition) is 3. The van der Waals surface area contributed by atoms with Crippen LogP contribution in [-0.2, 0) is 19.6 Å². The SMILES string of the molecule is CCc1cc(COc2ccc([C@@H](O)CC)cc2)n(CC)n1. The van der Waals surface area contributed by atoms with Gasteiger partial charge in [-0.05, 0) is 43.5 Å². The van der Waals surface area contributed by atoms with E-state index in [9.17, 15) is 5.11 Å². The van der Waals surface area contributed by atoms with Crippen molar-refractivity contribution >= 4 is 0 Å². The van der Waals surface area contributed by atoms with Gasteiger partial charge in [-0.15, -0.1) is 0 Å². The molecule has 2 rings (SSSR count). The minimum atomic E-state index is -0.396. The number of aliphatic hydroxyl groups is 1. The van der Waals surface area contributed by atoms with Crippen LogP contribution in [0.1, 0.15) is 50.2 Å². The lowest BCUT2D eigenvalue weighted by molar-refractivity contribution is 0.173. The third-order valence-electron chi connectivity index (χ3n) is 3.61. The van der Waals surface area contributed by atoms with Gasteiger partial charge in [0.2, 0.25) is 0 Å². The molecule has 1 aromatic carbocycles. The molecule has 0 aliphatic rings. The normalized spacial score (nSPS) is 12.4. The van der Waals surface area contributed by atoms with E-state index >= 15 is 0 Å². The highest BCUT2D eigenvalue weighted by atomic mass is 16.5. The Labute approximate surface area is 126 Å². The van der Waals surface area contributed by atoms with Crippen LogP contribution < -0.4 is 4.74 Å². The zero-order chi connectivity index (χ0) is 15.2. The number of ether oxygens (including phenoxy) is 1. The summed E-state index contributed by atoms with van der Waals surface area (Å²) in [5.74, 6) is 0.809. The maximum absolute atomic E-state index is 9.77. The number of aliphatic hydroxyl groups excluding tert-OH is 1. The smallest absolute Gasteiger partial charge is 0.130 e. The van der Waals surface area contributed by atoms with Crippen molar-refractivity contribution in [2.24, 2.45) is 0 Å². The highest BCUT2D eigenvalue weighted by Gasteiger charge is 2.07. The average molecular weight is 288 g/mol. The Bertz CT molecular complexity index is 561. The molecule has 0 saturated heterocycles. The number of aryl methyl sites for hydroxylation is 2. The highest BCUT2D eigenvalue weighted by Crippen LogP contribution is 2.20. The standard InChI is InChI=1S/C17H24N2O2/c1-4-14-11-15(19(6-3)18-14)12-21-16-9-7-13(8-10-16)17(20)5-2/h7-11,17,20H,4-6,12H2,1-3H3/t17-/m0/s1. The van der Waals surface area contributed by atoms with Gasteiger partial charge in [-0.3, -0.25) is 4.68 Å². The van der Waals surface area contributed by atoms with E-state index in [-0.39, 0.29) is 0 Å². The van der Waals surface area contributed by atoms with Crippen molar-refractivity contribution in [1.29, 1.82) is 0 Å². The minimum Gasteiger partial charge on any atom is -0.487 e. The first-order chi connectivity index (χ1) is 10.2. The van der Waals surface area contributed by atoms with Crippen LogP contribution >= 0.6 is 0 Å². The molecule has 0 radical (unpaired) electrons. The monoisotopic (exact) mass is 288 g/mol. The first-order valence-corrected chi connectivity index (χ1v) is 7.64. The van der Waals surface area contributed by atoms with Crippen LogP contribution in [-0.4, -0.2) is 14.9 Å². The van der Waals surface area contributed by atoms with Gasteiger partial charge in [0.15, 0.2) is 0 Å². The molecule has 1 heterocycles. The van der Waals surface area contributed by atoms with E-state index in [0.717, 1.165) is 42.1 Å². The topological polar surface area (TPSA) is 47.3 Å². The average Bonchev–Trinajstić information content (AvgIpc) is 2.95. The molecule has 0 spiro atoms. The van der Waals surface area contributed by atoms with Crippen LogP contribution in [0.3, 0.4) is 0 Å². The van der Waals surface area contributed by atoms with Crippen molar-refractivity contribution < 1.29 is 9.84 Å². The number of benzene rings is 1. The Morgan fingerprint density at radius 3 is 2.48 bits per heavy atom. The second-order valence-electron chi connectivity index (χ2n) is 5.08. The fraction of sp³-hybridized carbons (Fsp3) is 0.471. The van der Waals surface area contributed by atoms with E-state index in [1.807, 2.05) is 35.9 Å². The summed E-state index contributed by atoms with van der Waals surface area (Å²) in [7, 11) is 0. The largest absolute Gasteiger partial charge is 0.487 e. The van der Waals surface area contributed by atoms with Crippen LogP contribution in [0, 0.1) is 0 Å². The van der Waals surface area contributed by atoms with Gasteiger partial charge in [-0.1, -0.05) is 26.0 Å². The summed E-state index contributed by atoms with van der Waals surface area (Å²) in [5, 5.41) is 14.3. The summed E-state index contributed by atoms with van der Waals surface area (Å²) in [4.78, 5) is 0. The van der Waals surface area contributed by atoms with Gasteiger partial charge in [-0.25, -0.2) is 0 Å². The molecular weight excluding hydrogens is 264 g/mol. The van der Waals surface area contributed by atoms with Gasteiger partial charge < -0.3 is 9.84 Å². The second kappa shape index (κ2) is 7.27. The fourth-order valence-corrected chi connectivity index (χ4v) is 2.26. The van der Waals surface area contributed by atoms with Gasteiger partial charge in [-0.2, -0.15) is 5.10 Å². The van der Waals surface area contributed by atoms with Gasteiger partial charge in [0, 0.05) is 6.54 Å². The van der Waals surface area contributed by atoms with Crippen LogP contribution in [0.2, 0.25) is 0 Å². The first-order valence-electron chi connectivity index (χ1n) is 7.64. The van der Waals surface area contributed by atoms with E-state index in [2.05, 4.69) is 25.0 Å². The van der Waals surface area contributed by atoms with Crippen LogP contribution in [0.4, 0.5) is 0 Å². The van der Waals surface area contributed by atoms with E-state index < -0.39 is 6.10 Å². The molecular formula is C17H24N2O2. The van der Waals surface area contributed by atoms with Crippen LogP contribution in [0.5, 0.6) is 5.75 Å². The molecule has 114 valence electrons. The Balaban J connectivity index is 2.01. The maximum atomic E-state index is 9.77. The Morgan fingerprint density at radius 1 is 1.19 bits per heavy atom. The fourth-order valence-electron chi connectivity index (χ4n) is 2.26. The number of nitrogens with zero attached hydrogens (tertiary/aromatic N) is 2. The molecule has 21 heavy (non-hydrogen) atoms. The molecule has 4 heteroatoms. The van der Waals surface area contributed by atoms with Crippen LogP contribution in [0.15, 0.2) is 30.3 Å². The lowest BCUT2D eigenvalue weighted by atomic mass is 10.1. The van der Waals surface area contributed by atoms with Crippen molar-refractivity contribution in [2.75, 3.05) is 0 Å².